The molecule has 1 aliphatic heterocycles. The highest BCUT2D eigenvalue weighted by Gasteiger charge is 2.35. The van der Waals surface area contributed by atoms with Crippen molar-refractivity contribution in [2.75, 3.05) is 0 Å². The van der Waals surface area contributed by atoms with Gasteiger partial charge >= 0.3 is 0 Å². The molecule has 0 saturated carbocycles. The number of aromatic nitrogens is 1. The molecular weight excluding hydrogens is 262 g/mol. The minimum Gasteiger partial charge on any atom is -0.244 e. The number of sulfonamides is 1. The highest BCUT2D eigenvalue weighted by molar-refractivity contribution is 7.89. The molecule has 1 aromatic heterocycles. The van der Waals surface area contributed by atoms with Crippen LogP contribution in [-0.4, -0.2) is 29.8 Å². The molecule has 2 rings (SSSR count). The fourth-order valence-electron chi connectivity index (χ4n) is 2.59. The molecule has 2 heterocycles. The number of piperidine rings is 1. The first-order valence-electron chi connectivity index (χ1n) is 6.36. The minimum absolute atomic E-state index is 0.00407. The van der Waals surface area contributed by atoms with Crippen molar-refractivity contribution >= 4 is 10.0 Å². The second-order valence-electron chi connectivity index (χ2n) is 4.95. The zero-order valence-electron chi connectivity index (χ0n) is 11.1. The summed E-state index contributed by atoms with van der Waals surface area (Å²) in [6, 6.07) is 4.78. The van der Waals surface area contributed by atoms with Crippen LogP contribution in [0.15, 0.2) is 23.2 Å². The zero-order chi connectivity index (χ0) is 14.0. The molecule has 1 aromatic rings. The molecule has 0 aromatic carbocycles. The monoisotopic (exact) mass is 279 g/mol. The first kappa shape index (κ1) is 14.0. The molecule has 0 aliphatic carbocycles. The summed E-state index contributed by atoms with van der Waals surface area (Å²) in [6.07, 6.45) is 4.09. The predicted molar refractivity (Wildman–Crippen MR) is 70.8 cm³/mol. The second-order valence-corrected chi connectivity index (χ2v) is 6.80. The van der Waals surface area contributed by atoms with Crippen LogP contribution in [0.5, 0.6) is 0 Å². The summed E-state index contributed by atoms with van der Waals surface area (Å²) in [5.74, 6) is 0. The SMILES string of the molecule is CC1CCCC(C)N1S(=O)(=O)c1ccc(C#N)nc1. The van der Waals surface area contributed by atoms with Crippen molar-refractivity contribution < 1.29 is 8.42 Å². The number of hydrogen-bond donors (Lipinski definition) is 0. The first-order chi connectivity index (χ1) is 8.96. The van der Waals surface area contributed by atoms with E-state index in [1.807, 2.05) is 19.9 Å². The summed E-state index contributed by atoms with van der Waals surface area (Å²) in [7, 11) is -3.52. The molecule has 1 aliphatic rings. The van der Waals surface area contributed by atoms with Gasteiger partial charge in [0, 0.05) is 18.3 Å². The topological polar surface area (TPSA) is 74.1 Å². The molecule has 102 valence electrons. The quantitative estimate of drug-likeness (QED) is 0.828. The molecular formula is C13H17N3O2S. The Labute approximate surface area is 113 Å². The number of rotatable bonds is 2. The van der Waals surface area contributed by atoms with Gasteiger partial charge in [0.2, 0.25) is 10.0 Å². The van der Waals surface area contributed by atoms with E-state index in [9.17, 15) is 8.42 Å². The number of nitriles is 1. The zero-order valence-corrected chi connectivity index (χ0v) is 11.9. The van der Waals surface area contributed by atoms with Gasteiger partial charge in [-0.25, -0.2) is 13.4 Å². The van der Waals surface area contributed by atoms with Gasteiger partial charge < -0.3 is 0 Å². The molecule has 2 atom stereocenters. The lowest BCUT2D eigenvalue weighted by molar-refractivity contribution is 0.204. The molecule has 0 bridgehead atoms. The molecule has 5 nitrogen and oxygen atoms in total. The summed E-state index contributed by atoms with van der Waals surface area (Å²) in [5, 5.41) is 8.69. The Morgan fingerprint density at radius 2 is 1.95 bits per heavy atom. The third-order valence-electron chi connectivity index (χ3n) is 3.54. The van der Waals surface area contributed by atoms with Gasteiger partial charge in [-0.05, 0) is 38.8 Å². The molecule has 0 N–H and O–H groups in total. The fraction of sp³-hybridized carbons (Fsp3) is 0.538. The Kier molecular flexibility index (Phi) is 3.88. The number of hydrogen-bond acceptors (Lipinski definition) is 4. The van der Waals surface area contributed by atoms with Crippen molar-refractivity contribution in [2.24, 2.45) is 0 Å². The maximum Gasteiger partial charge on any atom is 0.245 e. The maximum atomic E-state index is 12.6. The van der Waals surface area contributed by atoms with Gasteiger partial charge in [-0.1, -0.05) is 6.42 Å². The van der Waals surface area contributed by atoms with Crippen LogP contribution in [0.4, 0.5) is 0 Å². The molecule has 19 heavy (non-hydrogen) atoms. The standard InChI is InChI=1S/C13H17N3O2S/c1-10-4-3-5-11(2)16(10)19(17,18)13-7-6-12(8-14)15-9-13/h6-7,9-11H,3-5H2,1-2H3. The summed E-state index contributed by atoms with van der Waals surface area (Å²) < 4.78 is 26.8. The van der Waals surface area contributed by atoms with Crippen LogP contribution in [0.2, 0.25) is 0 Å². The van der Waals surface area contributed by atoms with Gasteiger partial charge in [0.25, 0.3) is 0 Å². The minimum atomic E-state index is -3.52. The van der Waals surface area contributed by atoms with Gasteiger partial charge in [-0.3, -0.25) is 0 Å². The van der Waals surface area contributed by atoms with Crippen LogP contribution in [-0.2, 0) is 10.0 Å². The largest absolute Gasteiger partial charge is 0.245 e. The molecule has 1 saturated heterocycles. The molecule has 2 unspecified atom stereocenters. The Hall–Kier alpha value is -1.45. The highest BCUT2D eigenvalue weighted by Crippen LogP contribution is 2.29. The van der Waals surface area contributed by atoms with Crippen LogP contribution in [0.25, 0.3) is 0 Å². The van der Waals surface area contributed by atoms with Crippen LogP contribution in [0, 0.1) is 11.3 Å². The normalized spacial score (nSPS) is 24.9. The molecule has 1 fully saturated rings. The fourth-order valence-corrected chi connectivity index (χ4v) is 4.42. The van der Waals surface area contributed by atoms with Crippen LogP contribution in [0.3, 0.4) is 0 Å². The van der Waals surface area contributed by atoms with Gasteiger partial charge in [0.1, 0.15) is 16.7 Å². The van der Waals surface area contributed by atoms with E-state index in [1.54, 1.807) is 4.31 Å². The third kappa shape index (κ3) is 2.62. The lowest BCUT2D eigenvalue weighted by atomic mass is 10.0. The van der Waals surface area contributed by atoms with Crippen molar-refractivity contribution in [3.8, 4) is 6.07 Å². The van der Waals surface area contributed by atoms with E-state index in [4.69, 9.17) is 5.26 Å². The van der Waals surface area contributed by atoms with Crippen molar-refractivity contribution in [3.05, 3.63) is 24.0 Å². The van der Waals surface area contributed by atoms with E-state index < -0.39 is 10.0 Å². The van der Waals surface area contributed by atoms with Gasteiger partial charge in [0.15, 0.2) is 0 Å². The van der Waals surface area contributed by atoms with E-state index in [2.05, 4.69) is 4.98 Å². The highest BCUT2D eigenvalue weighted by atomic mass is 32.2. The Morgan fingerprint density at radius 3 is 2.42 bits per heavy atom. The number of nitrogens with zero attached hydrogens (tertiary/aromatic N) is 3. The Balaban J connectivity index is 2.38. The average Bonchev–Trinajstić information content (AvgIpc) is 2.38. The summed E-state index contributed by atoms with van der Waals surface area (Å²) in [4.78, 5) is 4.00. The van der Waals surface area contributed by atoms with Crippen molar-refractivity contribution in [1.82, 2.24) is 9.29 Å². The van der Waals surface area contributed by atoms with Crippen LogP contribution >= 0.6 is 0 Å². The van der Waals surface area contributed by atoms with E-state index in [0.717, 1.165) is 19.3 Å². The van der Waals surface area contributed by atoms with E-state index in [1.165, 1.54) is 18.3 Å². The number of pyridine rings is 1. The lowest BCUT2D eigenvalue weighted by Gasteiger charge is -2.37. The van der Waals surface area contributed by atoms with E-state index in [0.29, 0.717) is 0 Å². The summed E-state index contributed by atoms with van der Waals surface area (Å²) in [6.45, 7) is 3.87. The van der Waals surface area contributed by atoms with Crippen molar-refractivity contribution in [1.29, 1.82) is 5.26 Å². The molecule has 0 amide bonds. The van der Waals surface area contributed by atoms with Crippen LogP contribution < -0.4 is 0 Å². The third-order valence-corrected chi connectivity index (χ3v) is 5.65. The molecule has 6 heteroatoms. The van der Waals surface area contributed by atoms with Gasteiger partial charge in [0.05, 0.1) is 0 Å². The average molecular weight is 279 g/mol. The van der Waals surface area contributed by atoms with E-state index >= 15 is 0 Å². The summed E-state index contributed by atoms with van der Waals surface area (Å²) in [5.41, 5.74) is 0.221. The van der Waals surface area contributed by atoms with Crippen molar-refractivity contribution in [3.63, 3.8) is 0 Å². The lowest BCUT2D eigenvalue weighted by Crippen LogP contribution is -2.47. The maximum absolute atomic E-state index is 12.6. The molecule has 0 spiro atoms. The second kappa shape index (κ2) is 5.27. The smallest absolute Gasteiger partial charge is 0.244 e. The Bertz CT molecular complexity index is 579. The van der Waals surface area contributed by atoms with Gasteiger partial charge in [-0.2, -0.15) is 9.57 Å². The predicted octanol–water partition coefficient (Wildman–Crippen LogP) is 1.90. The first-order valence-corrected chi connectivity index (χ1v) is 7.80. The van der Waals surface area contributed by atoms with Crippen molar-refractivity contribution in [2.45, 2.75) is 50.1 Å². The van der Waals surface area contributed by atoms with Crippen LogP contribution in [0.1, 0.15) is 38.8 Å². The van der Waals surface area contributed by atoms with E-state index in [-0.39, 0.29) is 22.7 Å². The molecule has 0 radical (unpaired) electrons. The Morgan fingerprint density at radius 1 is 1.32 bits per heavy atom. The summed E-state index contributed by atoms with van der Waals surface area (Å²) >= 11 is 0. The van der Waals surface area contributed by atoms with Gasteiger partial charge in [-0.15, -0.1) is 0 Å².